The first kappa shape index (κ1) is 17.7. The molecule has 0 aliphatic carbocycles. The van der Waals surface area contributed by atoms with Crippen LogP contribution in [0.4, 0.5) is 0 Å². The van der Waals surface area contributed by atoms with E-state index in [1.807, 2.05) is 42.5 Å². The van der Waals surface area contributed by atoms with Crippen molar-refractivity contribution in [3.05, 3.63) is 60.2 Å². The number of aromatic nitrogens is 4. The van der Waals surface area contributed by atoms with Crippen LogP contribution in [0.25, 0.3) is 11.3 Å². The first-order valence-corrected chi connectivity index (χ1v) is 8.92. The van der Waals surface area contributed by atoms with Crippen LogP contribution in [0.15, 0.2) is 48.8 Å². The van der Waals surface area contributed by atoms with Gasteiger partial charge in [0.2, 0.25) is 5.69 Å². The van der Waals surface area contributed by atoms with E-state index in [2.05, 4.69) is 15.1 Å². The van der Waals surface area contributed by atoms with Gasteiger partial charge in [-0.2, -0.15) is 10.4 Å². The molecule has 1 fully saturated rings. The van der Waals surface area contributed by atoms with Crippen LogP contribution < -0.4 is 4.74 Å². The van der Waals surface area contributed by atoms with E-state index >= 15 is 0 Å². The van der Waals surface area contributed by atoms with Gasteiger partial charge < -0.3 is 9.64 Å². The van der Waals surface area contributed by atoms with E-state index in [0.717, 1.165) is 11.3 Å². The lowest BCUT2D eigenvalue weighted by atomic mass is 10.1. The predicted octanol–water partition coefficient (Wildman–Crippen LogP) is 2.04. The van der Waals surface area contributed by atoms with Gasteiger partial charge in [-0.05, 0) is 6.07 Å². The van der Waals surface area contributed by atoms with E-state index in [-0.39, 0.29) is 23.6 Å². The van der Waals surface area contributed by atoms with Crippen molar-refractivity contribution < 1.29 is 9.53 Å². The molecule has 1 saturated heterocycles. The Hall–Kier alpha value is -3.73. The van der Waals surface area contributed by atoms with Crippen molar-refractivity contribution in [2.45, 2.75) is 12.5 Å². The molecule has 140 valence electrons. The average molecular weight is 374 g/mol. The van der Waals surface area contributed by atoms with Crippen molar-refractivity contribution in [3.8, 4) is 23.2 Å². The van der Waals surface area contributed by atoms with Crippen LogP contribution in [0.3, 0.4) is 0 Å². The number of aryl methyl sites for hydroxylation is 1. The Bertz CT molecular complexity index is 1040. The van der Waals surface area contributed by atoms with E-state index in [0.29, 0.717) is 25.2 Å². The molecule has 28 heavy (non-hydrogen) atoms. The van der Waals surface area contributed by atoms with Crippen LogP contribution in [0.5, 0.6) is 5.88 Å². The second-order valence-corrected chi connectivity index (χ2v) is 6.51. The van der Waals surface area contributed by atoms with E-state index in [4.69, 9.17) is 10.00 Å². The largest absolute Gasteiger partial charge is 0.470 e. The summed E-state index contributed by atoms with van der Waals surface area (Å²) in [7, 11) is 1.77. The first-order chi connectivity index (χ1) is 13.7. The van der Waals surface area contributed by atoms with E-state index < -0.39 is 0 Å². The fourth-order valence-corrected chi connectivity index (χ4v) is 3.23. The zero-order valence-corrected chi connectivity index (χ0v) is 15.3. The molecule has 1 aliphatic heterocycles. The fourth-order valence-electron chi connectivity index (χ4n) is 3.23. The molecule has 0 spiro atoms. The maximum absolute atomic E-state index is 13.0. The molecule has 3 aromatic rings. The molecule has 3 heterocycles. The summed E-state index contributed by atoms with van der Waals surface area (Å²) in [6.45, 7) is 0.990. The zero-order chi connectivity index (χ0) is 19.5. The number of rotatable bonds is 4. The van der Waals surface area contributed by atoms with Gasteiger partial charge in [0.05, 0.1) is 12.2 Å². The summed E-state index contributed by atoms with van der Waals surface area (Å²) >= 11 is 0. The van der Waals surface area contributed by atoms with Gasteiger partial charge in [0.15, 0.2) is 0 Å². The van der Waals surface area contributed by atoms with Crippen molar-refractivity contribution in [1.82, 2.24) is 24.6 Å². The summed E-state index contributed by atoms with van der Waals surface area (Å²) in [6.07, 6.45) is 3.36. The third-order valence-corrected chi connectivity index (χ3v) is 4.65. The molecule has 4 rings (SSSR count). The zero-order valence-electron chi connectivity index (χ0n) is 15.3. The standard InChI is InChI=1S/C20H18N6O2/c1-25-18(11-16(24-25)14-5-3-2-4-6-14)20(27)26-10-7-15(13-26)28-19-17(12-21)22-8-9-23-19/h2-6,8-9,11,15H,7,10,13H2,1H3. The van der Waals surface area contributed by atoms with Crippen LogP contribution in [0, 0.1) is 11.3 Å². The van der Waals surface area contributed by atoms with Crippen LogP contribution in [-0.4, -0.2) is 49.7 Å². The van der Waals surface area contributed by atoms with Crippen molar-refractivity contribution in [2.24, 2.45) is 7.05 Å². The highest BCUT2D eigenvalue weighted by Crippen LogP contribution is 2.22. The summed E-state index contributed by atoms with van der Waals surface area (Å²) in [6, 6.07) is 13.5. The summed E-state index contributed by atoms with van der Waals surface area (Å²) in [5.74, 6) is 0.110. The molecule has 2 aromatic heterocycles. The lowest BCUT2D eigenvalue weighted by Crippen LogP contribution is -2.32. The molecular weight excluding hydrogens is 356 g/mol. The van der Waals surface area contributed by atoms with Crippen LogP contribution in [-0.2, 0) is 7.05 Å². The first-order valence-electron chi connectivity index (χ1n) is 8.92. The van der Waals surface area contributed by atoms with Gasteiger partial charge in [0, 0.05) is 38.0 Å². The quantitative estimate of drug-likeness (QED) is 0.693. The van der Waals surface area contributed by atoms with E-state index in [1.165, 1.54) is 12.4 Å². The lowest BCUT2D eigenvalue weighted by molar-refractivity contribution is 0.0760. The van der Waals surface area contributed by atoms with Crippen molar-refractivity contribution >= 4 is 5.91 Å². The van der Waals surface area contributed by atoms with Gasteiger partial charge in [-0.15, -0.1) is 0 Å². The summed E-state index contributed by atoms with van der Waals surface area (Å²) in [5.41, 5.74) is 2.39. The van der Waals surface area contributed by atoms with Crippen LogP contribution in [0.2, 0.25) is 0 Å². The summed E-state index contributed by atoms with van der Waals surface area (Å²) < 4.78 is 7.41. The number of nitrogens with zero attached hydrogens (tertiary/aromatic N) is 6. The fraction of sp³-hybridized carbons (Fsp3) is 0.250. The molecular formula is C20H18N6O2. The molecule has 0 radical (unpaired) electrons. The Balaban J connectivity index is 1.47. The van der Waals surface area contributed by atoms with Crippen molar-refractivity contribution in [2.75, 3.05) is 13.1 Å². The van der Waals surface area contributed by atoms with Crippen LogP contribution in [0.1, 0.15) is 22.6 Å². The minimum Gasteiger partial charge on any atom is -0.470 e. The lowest BCUT2D eigenvalue weighted by Gasteiger charge is -2.17. The molecule has 1 amide bonds. The minimum absolute atomic E-state index is 0.0945. The highest BCUT2D eigenvalue weighted by molar-refractivity contribution is 5.94. The number of carbonyl (C=O) groups is 1. The number of hydrogen-bond donors (Lipinski definition) is 0. The summed E-state index contributed by atoms with van der Waals surface area (Å²) in [5, 5.41) is 13.6. The third kappa shape index (κ3) is 3.42. The molecule has 1 aromatic carbocycles. The Kier molecular flexibility index (Phi) is 4.72. The smallest absolute Gasteiger partial charge is 0.272 e. The number of benzene rings is 1. The second-order valence-electron chi connectivity index (χ2n) is 6.51. The van der Waals surface area contributed by atoms with Gasteiger partial charge in [-0.3, -0.25) is 9.48 Å². The number of likely N-dealkylation sites (tertiary alicyclic amines) is 1. The second kappa shape index (κ2) is 7.48. The molecule has 8 nitrogen and oxygen atoms in total. The number of ether oxygens (including phenoxy) is 1. The highest BCUT2D eigenvalue weighted by atomic mass is 16.5. The minimum atomic E-state index is -0.227. The Morgan fingerprint density at radius 2 is 2.04 bits per heavy atom. The SMILES string of the molecule is Cn1nc(-c2ccccc2)cc1C(=O)N1CCC(Oc2nccnc2C#N)C1. The number of nitriles is 1. The summed E-state index contributed by atoms with van der Waals surface area (Å²) in [4.78, 5) is 22.7. The maximum atomic E-state index is 13.0. The highest BCUT2D eigenvalue weighted by Gasteiger charge is 2.31. The third-order valence-electron chi connectivity index (χ3n) is 4.65. The molecule has 0 bridgehead atoms. The van der Waals surface area contributed by atoms with Crippen molar-refractivity contribution in [1.29, 1.82) is 5.26 Å². The van der Waals surface area contributed by atoms with E-state index in [1.54, 1.807) is 16.6 Å². The predicted molar refractivity (Wildman–Crippen MR) is 100 cm³/mol. The number of carbonyl (C=O) groups excluding carboxylic acids is 1. The Labute approximate surface area is 162 Å². The number of amides is 1. The average Bonchev–Trinajstić information content (AvgIpc) is 3.35. The van der Waals surface area contributed by atoms with Gasteiger partial charge >= 0.3 is 0 Å². The maximum Gasteiger partial charge on any atom is 0.272 e. The number of hydrogen-bond acceptors (Lipinski definition) is 6. The van der Waals surface area contributed by atoms with E-state index in [9.17, 15) is 4.79 Å². The van der Waals surface area contributed by atoms with Gasteiger partial charge in [0.25, 0.3) is 11.8 Å². The van der Waals surface area contributed by atoms with Gasteiger partial charge in [-0.1, -0.05) is 30.3 Å². The molecule has 8 heteroatoms. The molecule has 0 saturated carbocycles. The molecule has 0 N–H and O–H groups in total. The topological polar surface area (TPSA) is 96.9 Å². The van der Waals surface area contributed by atoms with Gasteiger partial charge in [0.1, 0.15) is 17.9 Å². The monoisotopic (exact) mass is 374 g/mol. The Morgan fingerprint density at radius 3 is 2.82 bits per heavy atom. The molecule has 1 aliphatic rings. The Morgan fingerprint density at radius 1 is 1.25 bits per heavy atom. The normalized spacial score (nSPS) is 16.0. The van der Waals surface area contributed by atoms with Crippen LogP contribution >= 0.6 is 0 Å². The van der Waals surface area contributed by atoms with Crippen molar-refractivity contribution in [3.63, 3.8) is 0 Å². The molecule has 1 atom stereocenters. The van der Waals surface area contributed by atoms with Gasteiger partial charge in [-0.25, -0.2) is 9.97 Å². The molecule has 1 unspecified atom stereocenters.